The Bertz CT molecular complexity index is 752. The Morgan fingerprint density at radius 1 is 1.20 bits per heavy atom. The van der Waals surface area contributed by atoms with Crippen LogP contribution in [0.5, 0.6) is 5.75 Å². The van der Waals surface area contributed by atoms with Crippen molar-refractivity contribution in [3.05, 3.63) is 60.8 Å². The molecule has 0 saturated heterocycles. The zero-order valence-corrected chi connectivity index (χ0v) is 14.3. The predicted molar refractivity (Wildman–Crippen MR) is 101 cm³/mol. The van der Waals surface area contributed by atoms with Crippen LogP contribution in [-0.2, 0) is 6.54 Å². The molecule has 25 heavy (non-hydrogen) atoms. The number of benzene rings is 1. The minimum Gasteiger partial charge on any atom is -0.504 e. The number of rotatable bonds is 5. The van der Waals surface area contributed by atoms with Crippen LogP contribution < -0.4 is 16.8 Å². The Kier molecular flexibility index (Phi) is 6.65. The van der Waals surface area contributed by atoms with Crippen LogP contribution in [0, 0.1) is 6.92 Å². The summed E-state index contributed by atoms with van der Waals surface area (Å²) in [5, 5.41) is 12.1. The second-order valence-electron chi connectivity index (χ2n) is 5.56. The molecule has 2 heterocycles. The fraction of sp³-hybridized carbons (Fsp3) is 0.222. The molecule has 132 valence electrons. The maximum Gasteiger partial charge on any atom is 0.165 e. The molecule has 0 fully saturated rings. The van der Waals surface area contributed by atoms with Gasteiger partial charge in [-0.25, -0.2) is 9.97 Å². The van der Waals surface area contributed by atoms with Crippen LogP contribution in [0.2, 0.25) is 0 Å². The van der Waals surface area contributed by atoms with Gasteiger partial charge in [0.05, 0.1) is 6.33 Å². The van der Waals surface area contributed by atoms with Crippen molar-refractivity contribution in [2.75, 3.05) is 23.3 Å². The monoisotopic (exact) mass is 340 g/mol. The molecule has 0 amide bonds. The molecule has 3 rings (SSSR count). The SMILES string of the molecule is Cc1cc(NCCCn2ccnc2)ccc1N.Nc1ncccc1O. The van der Waals surface area contributed by atoms with E-state index in [0.717, 1.165) is 36.4 Å². The standard InChI is InChI=1S/C13H18N4.C5H6N2O/c1-11-9-12(3-4-13(11)14)16-5-2-7-17-8-6-15-10-17;6-5-4(8)2-1-3-7-5/h3-4,6,8-10,16H,2,5,7,14H2,1H3;1-3,8H,(H2,6,7). The number of nitrogens with zero attached hydrogens (tertiary/aromatic N) is 3. The molecular formula is C18H24N6O. The molecule has 0 unspecified atom stereocenters. The average molecular weight is 340 g/mol. The Morgan fingerprint density at radius 2 is 2.04 bits per heavy atom. The highest BCUT2D eigenvalue weighted by Gasteiger charge is 1.96. The van der Waals surface area contributed by atoms with Gasteiger partial charge < -0.3 is 26.5 Å². The third kappa shape index (κ3) is 6.06. The molecule has 7 heteroatoms. The van der Waals surface area contributed by atoms with E-state index in [1.807, 2.05) is 31.6 Å². The van der Waals surface area contributed by atoms with E-state index in [1.54, 1.807) is 12.3 Å². The highest BCUT2D eigenvalue weighted by molar-refractivity contribution is 5.56. The van der Waals surface area contributed by atoms with Crippen molar-refractivity contribution in [2.24, 2.45) is 0 Å². The van der Waals surface area contributed by atoms with Gasteiger partial charge in [0.2, 0.25) is 0 Å². The van der Waals surface area contributed by atoms with Gasteiger partial charge in [0.15, 0.2) is 11.6 Å². The van der Waals surface area contributed by atoms with Crippen molar-refractivity contribution >= 4 is 17.2 Å². The van der Waals surface area contributed by atoms with Crippen molar-refractivity contribution in [1.29, 1.82) is 0 Å². The number of nitrogen functional groups attached to an aromatic ring is 2. The molecule has 3 aromatic rings. The molecule has 0 aliphatic heterocycles. The number of nitrogens with one attached hydrogen (secondary N) is 1. The summed E-state index contributed by atoms with van der Waals surface area (Å²) >= 11 is 0. The second kappa shape index (κ2) is 9.17. The molecular weight excluding hydrogens is 316 g/mol. The van der Waals surface area contributed by atoms with E-state index in [9.17, 15) is 0 Å². The third-order valence-electron chi connectivity index (χ3n) is 3.57. The van der Waals surface area contributed by atoms with E-state index in [1.165, 1.54) is 12.3 Å². The molecule has 2 aromatic heterocycles. The van der Waals surface area contributed by atoms with E-state index < -0.39 is 0 Å². The molecule has 0 radical (unpaired) electrons. The molecule has 0 bridgehead atoms. The number of aromatic nitrogens is 3. The number of anilines is 3. The maximum absolute atomic E-state index is 8.73. The topological polar surface area (TPSA) is 115 Å². The largest absolute Gasteiger partial charge is 0.504 e. The summed E-state index contributed by atoms with van der Waals surface area (Å²) in [6, 6.07) is 9.13. The lowest BCUT2D eigenvalue weighted by Gasteiger charge is -2.08. The molecule has 0 spiro atoms. The van der Waals surface area contributed by atoms with E-state index in [2.05, 4.69) is 25.9 Å². The number of aryl methyl sites for hydroxylation is 2. The van der Waals surface area contributed by atoms with Gasteiger partial charge in [0.25, 0.3) is 0 Å². The summed E-state index contributed by atoms with van der Waals surface area (Å²) in [7, 11) is 0. The average Bonchev–Trinajstić information content (AvgIpc) is 3.12. The van der Waals surface area contributed by atoms with E-state index >= 15 is 0 Å². The molecule has 1 aromatic carbocycles. The highest BCUT2D eigenvalue weighted by Crippen LogP contribution is 2.16. The number of nitrogens with two attached hydrogens (primary N) is 2. The van der Waals surface area contributed by atoms with Crippen molar-refractivity contribution < 1.29 is 5.11 Å². The summed E-state index contributed by atoms with van der Waals surface area (Å²) in [5.41, 5.74) is 14.0. The fourth-order valence-electron chi connectivity index (χ4n) is 2.11. The lowest BCUT2D eigenvalue weighted by Crippen LogP contribution is -2.06. The normalized spacial score (nSPS) is 9.96. The predicted octanol–water partition coefficient (Wildman–Crippen LogP) is 2.65. The Balaban J connectivity index is 0.000000236. The van der Waals surface area contributed by atoms with Gasteiger partial charge in [0.1, 0.15) is 0 Å². The summed E-state index contributed by atoms with van der Waals surface area (Å²) in [4.78, 5) is 7.62. The molecule has 0 atom stereocenters. The first kappa shape index (κ1) is 18.1. The minimum absolute atomic E-state index is 0.0347. The lowest BCUT2D eigenvalue weighted by molar-refractivity contribution is 0.476. The van der Waals surface area contributed by atoms with Crippen molar-refractivity contribution in [3.63, 3.8) is 0 Å². The van der Waals surface area contributed by atoms with Gasteiger partial charge in [-0.3, -0.25) is 0 Å². The summed E-state index contributed by atoms with van der Waals surface area (Å²) in [5.74, 6) is 0.208. The number of hydrogen-bond acceptors (Lipinski definition) is 6. The van der Waals surface area contributed by atoms with Crippen LogP contribution in [0.25, 0.3) is 0 Å². The zero-order chi connectivity index (χ0) is 18.1. The van der Waals surface area contributed by atoms with Crippen molar-refractivity contribution in [1.82, 2.24) is 14.5 Å². The quantitative estimate of drug-likeness (QED) is 0.419. The van der Waals surface area contributed by atoms with Gasteiger partial charge in [-0.05, 0) is 49.2 Å². The molecule has 0 aliphatic carbocycles. The zero-order valence-electron chi connectivity index (χ0n) is 14.3. The maximum atomic E-state index is 8.73. The van der Waals surface area contributed by atoms with E-state index in [0.29, 0.717) is 0 Å². The minimum atomic E-state index is 0.0347. The van der Waals surface area contributed by atoms with Crippen LogP contribution in [0.1, 0.15) is 12.0 Å². The Labute approximate surface area is 147 Å². The first-order valence-corrected chi connectivity index (χ1v) is 8.01. The molecule has 6 N–H and O–H groups in total. The Hall–Kier alpha value is -3.22. The van der Waals surface area contributed by atoms with Gasteiger partial charge in [-0.2, -0.15) is 0 Å². The fourth-order valence-corrected chi connectivity index (χ4v) is 2.11. The first-order chi connectivity index (χ1) is 12.1. The smallest absolute Gasteiger partial charge is 0.165 e. The van der Waals surface area contributed by atoms with Crippen LogP contribution in [-0.4, -0.2) is 26.2 Å². The van der Waals surface area contributed by atoms with Crippen LogP contribution in [0.3, 0.4) is 0 Å². The van der Waals surface area contributed by atoms with Crippen LogP contribution >= 0.6 is 0 Å². The van der Waals surface area contributed by atoms with E-state index in [4.69, 9.17) is 16.6 Å². The molecule has 0 saturated carbocycles. The van der Waals surface area contributed by atoms with Gasteiger partial charge in [0, 0.05) is 43.1 Å². The summed E-state index contributed by atoms with van der Waals surface area (Å²) < 4.78 is 2.08. The number of imidazole rings is 1. The van der Waals surface area contributed by atoms with Gasteiger partial charge in [-0.15, -0.1) is 0 Å². The van der Waals surface area contributed by atoms with Gasteiger partial charge in [-0.1, -0.05) is 0 Å². The Morgan fingerprint density at radius 3 is 2.64 bits per heavy atom. The number of hydrogen-bond donors (Lipinski definition) is 4. The first-order valence-electron chi connectivity index (χ1n) is 8.01. The number of aromatic hydroxyl groups is 1. The van der Waals surface area contributed by atoms with Crippen LogP contribution in [0.4, 0.5) is 17.2 Å². The van der Waals surface area contributed by atoms with Gasteiger partial charge >= 0.3 is 0 Å². The van der Waals surface area contributed by atoms with Crippen molar-refractivity contribution in [2.45, 2.75) is 19.9 Å². The number of pyridine rings is 1. The second-order valence-corrected chi connectivity index (χ2v) is 5.56. The highest BCUT2D eigenvalue weighted by atomic mass is 16.3. The van der Waals surface area contributed by atoms with E-state index in [-0.39, 0.29) is 11.6 Å². The lowest BCUT2D eigenvalue weighted by atomic mass is 10.2. The van der Waals surface area contributed by atoms with Crippen molar-refractivity contribution in [3.8, 4) is 5.75 Å². The summed E-state index contributed by atoms with van der Waals surface area (Å²) in [6.45, 7) is 3.95. The van der Waals surface area contributed by atoms with Crippen LogP contribution in [0.15, 0.2) is 55.2 Å². The molecule has 0 aliphatic rings. The molecule has 7 nitrogen and oxygen atoms in total. The third-order valence-corrected chi connectivity index (χ3v) is 3.57. The summed E-state index contributed by atoms with van der Waals surface area (Å²) in [6.07, 6.45) is 8.21.